The van der Waals surface area contributed by atoms with Gasteiger partial charge in [0.25, 0.3) is 0 Å². The average molecular weight is 592 g/mol. The molecule has 0 atom stereocenters. The monoisotopic (exact) mass is 590 g/mol. The minimum atomic E-state index is 0.366. The van der Waals surface area contributed by atoms with Gasteiger partial charge in [-0.1, -0.05) is 108 Å². The maximum atomic E-state index is 5.41. The van der Waals surface area contributed by atoms with E-state index in [1.807, 2.05) is 18.2 Å². The molecule has 2 heterocycles. The second-order valence-corrected chi connectivity index (χ2v) is 10.2. The van der Waals surface area contributed by atoms with E-state index in [2.05, 4.69) is 124 Å². The average Bonchev–Trinajstić information content (AvgIpc) is 3.01. The fraction of sp³-hybridized carbons (Fsp3) is 0.0588. The largest absolute Gasteiger partial charge is 0.340 e. The lowest BCUT2D eigenvalue weighted by Gasteiger charge is -2.14. The molecule has 0 fully saturated rings. The maximum absolute atomic E-state index is 5.41. The molecule has 0 spiro atoms. The minimum absolute atomic E-state index is 0.366. The quantitative estimate of drug-likeness (QED) is 0.188. The van der Waals surface area contributed by atoms with Crippen LogP contribution in [0.3, 0.4) is 0 Å². The lowest BCUT2D eigenvalue weighted by atomic mass is 10.0. The topological polar surface area (TPSA) is 75.6 Å². The van der Waals surface area contributed by atoms with E-state index in [1.165, 1.54) is 23.5 Å². The highest BCUT2D eigenvalue weighted by Gasteiger charge is 2.08. The molecule has 0 saturated carbocycles. The molecular formula is C34H28Cl2N6. The fourth-order valence-electron chi connectivity index (χ4n) is 4.19. The highest BCUT2D eigenvalue weighted by molar-refractivity contribution is 6.33. The predicted octanol–water partition coefficient (Wildman–Crippen LogP) is 9.70. The van der Waals surface area contributed by atoms with Crippen molar-refractivity contribution in [1.82, 2.24) is 19.9 Å². The Morgan fingerprint density at radius 2 is 1.05 bits per heavy atom. The van der Waals surface area contributed by atoms with Gasteiger partial charge in [-0.3, -0.25) is 0 Å². The van der Waals surface area contributed by atoms with Gasteiger partial charge in [0, 0.05) is 23.6 Å². The molecule has 6 aromatic rings. The van der Waals surface area contributed by atoms with Crippen LogP contribution in [-0.2, 0) is 0 Å². The minimum Gasteiger partial charge on any atom is -0.340 e. The Morgan fingerprint density at radius 3 is 1.55 bits per heavy atom. The zero-order chi connectivity index (χ0) is 29.3. The van der Waals surface area contributed by atoms with Gasteiger partial charge in [-0.2, -0.15) is 4.98 Å². The second-order valence-electron chi connectivity index (χ2n) is 9.47. The Morgan fingerprint density at radius 1 is 0.524 bits per heavy atom. The van der Waals surface area contributed by atoms with Gasteiger partial charge in [0.05, 0.1) is 0 Å². The molecule has 6 rings (SSSR count). The van der Waals surface area contributed by atoms with Gasteiger partial charge in [0.1, 0.15) is 22.5 Å². The summed E-state index contributed by atoms with van der Waals surface area (Å²) in [6.45, 7) is 4.17. The van der Waals surface area contributed by atoms with Crippen molar-refractivity contribution < 1.29 is 0 Å². The maximum Gasteiger partial charge on any atom is 0.229 e. The first-order valence-electron chi connectivity index (χ1n) is 13.3. The third kappa shape index (κ3) is 7.69. The van der Waals surface area contributed by atoms with Crippen molar-refractivity contribution in [2.75, 3.05) is 10.6 Å². The lowest BCUT2D eigenvalue weighted by Crippen LogP contribution is -2.02. The first kappa shape index (κ1) is 28.7. The molecule has 2 aromatic heterocycles. The number of benzene rings is 4. The van der Waals surface area contributed by atoms with Gasteiger partial charge in [-0.25, -0.2) is 15.0 Å². The van der Waals surface area contributed by atoms with Gasteiger partial charge in [0.15, 0.2) is 0 Å². The summed E-state index contributed by atoms with van der Waals surface area (Å²) in [6.07, 6.45) is 3.08. The van der Waals surface area contributed by atoms with Crippen LogP contribution in [0.2, 0.25) is 10.3 Å². The van der Waals surface area contributed by atoms with Crippen LogP contribution in [-0.4, -0.2) is 19.9 Å². The van der Waals surface area contributed by atoms with Crippen LogP contribution in [0.25, 0.3) is 22.3 Å². The van der Waals surface area contributed by atoms with E-state index >= 15 is 0 Å². The summed E-state index contributed by atoms with van der Waals surface area (Å²) in [5.74, 6) is 1.29. The molecular weight excluding hydrogens is 563 g/mol. The van der Waals surface area contributed by atoms with Crippen molar-refractivity contribution in [3.63, 3.8) is 0 Å². The number of aryl methyl sites for hydroxylation is 2. The standard InChI is InChI=1S/C30H26N4.C4H2Cl2N2/c1-21-13-15-25(23-9-5-3-6-10-23)19-27(21)32-29-17-18-31-30(34-29)33-28-20-26(16-14-22(28)2)24-11-7-4-8-12-24;5-3-1-4(6)8-2-7-3/h3-20H,1-2H3,(H2,31,32,33,34);1-2H. The second kappa shape index (κ2) is 13.7. The van der Waals surface area contributed by atoms with Crippen LogP contribution in [0, 0.1) is 13.8 Å². The molecule has 0 unspecified atom stereocenters. The SMILES string of the molecule is Cc1ccc(-c2ccccc2)cc1Nc1ccnc(Nc2cc(-c3ccccc3)ccc2C)n1.Clc1cc(Cl)ncn1. The zero-order valence-electron chi connectivity index (χ0n) is 23.1. The van der Waals surface area contributed by atoms with Gasteiger partial charge in [0.2, 0.25) is 5.95 Å². The highest BCUT2D eigenvalue weighted by atomic mass is 35.5. The van der Waals surface area contributed by atoms with Crippen LogP contribution in [0.1, 0.15) is 11.1 Å². The van der Waals surface area contributed by atoms with E-state index in [1.54, 1.807) is 6.20 Å². The number of halogens is 2. The molecule has 0 amide bonds. The van der Waals surface area contributed by atoms with Gasteiger partial charge < -0.3 is 10.6 Å². The van der Waals surface area contributed by atoms with E-state index in [0.717, 1.165) is 39.4 Å². The smallest absolute Gasteiger partial charge is 0.229 e. The summed E-state index contributed by atoms with van der Waals surface area (Å²) in [6, 6.07) is 36.9. The normalized spacial score (nSPS) is 10.4. The molecule has 0 aliphatic heterocycles. The molecule has 0 saturated heterocycles. The number of hydrogen-bond donors (Lipinski definition) is 2. The van der Waals surface area contributed by atoms with Gasteiger partial charge in [-0.05, 0) is 65.4 Å². The first-order chi connectivity index (χ1) is 20.4. The molecule has 0 radical (unpaired) electrons. The van der Waals surface area contributed by atoms with E-state index in [9.17, 15) is 0 Å². The molecule has 6 nitrogen and oxygen atoms in total. The van der Waals surface area contributed by atoms with Crippen LogP contribution in [0.5, 0.6) is 0 Å². The van der Waals surface area contributed by atoms with Crippen molar-refractivity contribution in [2.24, 2.45) is 0 Å². The molecule has 8 heteroatoms. The summed E-state index contributed by atoms with van der Waals surface area (Å²) in [5.41, 5.74) is 8.96. The van der Waals surface area contributed by atoms with E-state index in [4.69, 9.17) is 28.2 Å². The third-order valence-electron chi connectivity index (χ3n) is 6.45. The summed E-state index contributed by atoms with van der Waals surface area (Å²) in [5, 5.41) is 7.60. The number of nitrogens with zero attached hydrogens (tertiary/aromatic N) is 4. The first-order valence-corrected chi connectivity index (χ1v) is 14.0. The molecule has 2 N–H and O–H groups in total. The van der Waals surface area contributed by atoms with Crippen LogP contribution >= 0.6 is 23.2 Å². The van der Waals surface area contributed by atoms with Crippen LogP contribution in [0.15, 0.2) is 122 Å². The summed E-state index contributed by atoms with van der Waals surface area (Å²) in [4.78, 5) is 16.4. The van der Waals surface area contributed by atoms with Crippen molar-refractivity contribution in [3.8, 4) is 22.3 Å². The predicted molar refractivity (Wildman–Crippen MR) is 174 cm³/mol. The molecule has 0 aliphatic carbocycles. The molecule has 208 valence electrons. The van der Waals surface area contributed by atoms with Crippen LogP contribution in [0.4, 0.5) is 23.1 Å². The van der Waals surface area contributed by atoms with Crippen molar-refractivity contribution >= 4 is 46.3 Å². The Labute approximate surface area is 255 Å². The molecule has 0 bridgehead atoms. The summed E-state index contributed by atoms with van der Waals surface area (Å²) >= 11 is 10.8. The van der Waals surface area contributed by atoms with E-state index in [-0.39, 0.29) is 0 Å². The number of rotatable bonds is 6. The Kier molecular flexibility index (Phi) is 9.39. The van der Waals surface area contributed by atoms with E-state index in [0.29, 0.717) is 16.3 Å². The van der Waals surface area contributed by atoms with Gasteiger partial charge >= 0.3 is 0 Å². The Hall–Kier alpha value is -4.78. The van der Waals surface area contributed by atoms with Gasteiger partial charge in [-0.15, -0.1) is 0 Å². The van der Waals surface area contributed by atoms with Crippen molar-refractivity contribution in [3.05, 3.63) is 143 Å². The molecule has 0 aliphatic rings. The Bertz CT molecular complexity index is 1660. The number of hydrogen-bond acceptors (Lipinski definition) is 6. The van der Waals surface area contributed by atoms with Crippen molar-refractivity contribution in [1.29, 1.82) is 0 Å². The van der Waals surface area contributed by atoms with Crippen molar-refractivity contribution in [2.45, 2.75) is 13.8 Å². The summed E-state index contributed by atoms with van der Waals surface area (Å²) in [7, 11) is 0. The van der Waals surface area contributed by atoms with Crippen LogP contribution < -0.4 is 10.6 Å². The third-order valence-corrected chi connectivity index (χ3v) is 6.87. The lowest BCUT2D eigenvalue weighted by molar-refractivity contribution is 1.16. The number of anilines is 4. The van der Waals surface area contributed by atoms with E-state index < -0.39 is 0 Å². The molecule has 4 aromatic carbocycles. The zero-order valence-corrected chi connectivity index (χ0v) is 24.6. The summed E-state index contributed by atoms with van der Waals surface area (Å²) < 4.78 is 0. The molecule has 42 heavy (non-hydrogen) atoms. The Balaban J connectivity index is 0.000000382. The fourth-order valence-corrected chi connectivity index (χ4v) is 4.54. The number of aromatic nitrogens is 4. The highest BCUT2D eigenvalue weighted by Crippen LogP contribution is 2.29. The number of nitrogens with one attached hydrogen (secondary N) is 2.